The number of aliphatic hydroxyl groups is 1. The Labute approximate surface area is 182 Å². The number of aryl methyl sites for hydroxylation is 3. The minimum atomic E-state index is -0.696. The van der Waals surface area contributed by atoms with Crippen LogP contribution in [0.25, 0.3) is 5.69 Å². The molecule has 1 aromatic heterocycles. The minimum absolute atomic E-state index is 0.00920. The Morgan fingerprint density at radius 1 is 1.16 bits per heavy atom. The number of nitrogens with zero attached hydrogens (tertiary/aromatic N) is 2. The van der Waals surface area contributed by atoms with Gasteiger partial charge in [-0.25, -0.2) is 9.36 Å². The smallest absolute Gasteiger partial charge is 0.335 e. The molecule has 168 valence electrons. The Hall–Kier alpha value is -2.67. The van der Waals surface area contributed by atoms with E-state index >= 15 is 0 Å². The molecule has 3 N–H and O–H groups in total. The fraction of sp³-hybridized carbons (Fsp3) is 0.542. The predicted molar refractivity (Wildman–Crippen MR) is 123 cm³/mol. The van der Waals surface area contributed by atoms with Gasteiger partial charge in [0.1, 0.15) is 5.56 Å². The van der Waals surface area contributed by atoms with Crippen molar-refractivity contribution >= 4 is 6.21 Å². The van der Waals surface area contributed by atoms with Crippen LogP contribution in [-0.2, 0) is 0 Å². The number of hydrogen-bond acceptors (Lipinski definition) is 5. The molecule has 1 saturated carbocycles. The summed E-state index contributed by atoms with van der Waals surface area (Å²) in [6, 6.07) is 3.84. The SMILES string of the molecule is Cc1cc(C)c(-n2c(O)c(C=NCC3(C)CC(O)CC(C)(C)C3)c(=O)[nH]c2=O)c(C)c1. The molecule has 0 saturated heterocycles. The molecule has 1 fully saturated rings. The molecule has 0 amide bonds. The lowest BCUT2D eigenvalue weighted by Crippen LogP contribution is -2.40. The van der Waals surface area contributed by atoms with Crippen molar-refractivity contribution in [2.24, 2.45) is 15.8 Å². The highest BCUT2D eigenvalue weighted by Crippen LogP contribution is 2.46. The van der Waals surface area contributed by atoms with Gasteiger partial charge in [-0.3, -0.25) is 14.8 Å². The number of aliphatic imine (C=N–C) groups is 1. The Morgan fingerprint density at radius 2 is 1.77 bits per heavy atom. The molecule has 7 heteroatoms. The van der Waals surface area contributed by atoms with Gasteiger partial charge in [0.25, 0.3) is 5.56 Å². The zero-order valence-electron chi connectivity index (χ0n) is 19.2. The van der Waals surface area contributed by atoms with E-state index in [0.717, 1.165) is 34.1 Å². The maximum Gasteiger partial charge on any atom is 0.335 e. The second-order valence-electron chi connectivity index (χ2n) is 10.3. The van der Waals surface area contributed by atoms with Crippen LogP contribution in [0.15, 0.2) is 26.7 Å². The quantitative estimate of drug-likeness (QED) is 0.652. The lowest BCUT2D eigenvalue weighted by Gasteiger charge is -2.44. The van der Waals surface area contributed by atoms with Gasteiger partial charge in [-0.1, -0.05) is 38.5 Å². The molecular weight excluding hydrogens is 394 g/mol. The van der Waals surface area contributed by atoms with Crippen molar-refractivity contribution in [1.82, 2.24) is 9.55 Å². The van der Waals surface area contributed by atoms with Gasteiger partial charge in [0.15, 0.2) is 0 Å². The van der Waals surface area contributed by atoms with Crippen LogP contribution in [0.2, 0.25) is 0 Å². The van der Waals surface area contributed by atoms with Gasteiger partial charge in [0.05, 0.1) is 11.8 Å². The van der Waals surface area contributed by atoms with E-state index < -0.39 is 17.1 Å². The minimum Gasteiger partial charge on any atom is -0.493 e. The fourth-order valence-corrected chi connectivity index (χ4v) is 5.44. The van der Waals surface area contributed by atoms with E-state index in [1.807, 2.05) is 32.9 Å². The van der Waals surface area contributed by atoms with Gasteiger partial charge in [0, 0.05) is 12.8 Å². The number of rotatable bonds is 4. The molecule has 2 aromatic rings. The number of aliphatic hydroxyl groups excluding tert-OH is 1. The first-order chi connectivity index (χ1) is 14.3. The standard InChI is InChI=1S/C24H33N3O4/c1-14-7-15(2)19(16(3)8-14)27-21(30)18(20(29)26-22(27)31)11-25-13-24(6)10-17(28)9-23(4,5)12-24/h7-8,11,17,28,30H,9-10,12-13H2,1-6H3,(H,26,29,31). The first-order valence-corrected chi connectivity index (χ1v) is 10.7. The molecule has 0 aliphatic heterocycles. The molecule has 1 aromatic carbocycles. The molecule has 31 heavy (non-hydrogen) atoms. The van der Waals surface area contributed by atoms with Crippen molar-refractivity contribution < 1.29 is 10.2 Å². The molecule has 2 unspecified atom stereocenters. The number of benzene rings is 1. The molecule has 0 bridgehead atoms. The summed E-state index contributed by atoms with van der Waals surface area (Å²) in [7, 11) is 0. The average molecular weight is 428 g/mol. The van der Waals surface area contributed by atoms with Crippen molar-refractivity contribution in [2.75, 3.05) is 6.54 Å². The number of H-pyrrole nitrogens is 1. The van der Waals surface area contributed by atoms with Crippen LogP contribution >= 0.6 is 0 Å². The Kier molecular flexibility index (Phi) is 6.02. The van der Waals surface area contributed by atoms with Gasteiger partial charge in [-0.05, 0) is 62.0 Å². The highest BCUT2D eigenvalue weighted by Gasteiger charge is 2.40. The number of aromatic nitrogens is 2. The van der Waals surface area contributed by atoms with Crippen LogP contribution in [0.3, 0.4) is 0 Å². The summed E-state index contributed by atoms with van der Waals surface area (Å²) in [6.07, 6.45) is 3.25. The van der Waals surface area contributed by atoms with E-state index in [1.54, 1.807) is 0 Å². The highest BCUT2D eigenvalue weighted by atomic mass is 16.3. The summed E-state index contributed by atoms with van der Waals surface area (Å²) in [6.45, 7) is 12.4. The highest BCUT2D eigenvalue weighted by molar-refractivity contribution is 5.82. The van der Waals surface area contributed by atoms with Crippen molar-refractivity contribution in [3.05, 3.63) is 55.2 Å². The molecule has 2 atom stereocenters. The van der Waals surface area contributed by atoms with Crippen LogP contribution in [0.4, 0.5) is 0 Å². The van der Waals surface area contributed by atoms with Crippen LogP contribution in [-0.4, -0.2) is 38.6 Å². The van der Waals surface area contributed by atoms with Crippen molar-refractivity contribution in [3.8, 4) is 11.6 Å². The molecule has 1 heterocycles. The van der Waals surface area contributed by atoms with E-state index in [0.29, 0.717) is 18.7 Å². The largest absolute Gasteiger partial charge is 0.493 e. The zero-order valence-corrected chi connectivity index (χ0v) is 19.2. The molecule has 7 nitrogen and oxygen atoms in total. The van der Waals surface area contributed by atoms with Gasteiger partial charge in [-0.2, -0.15) is 0 Å². The third kappa shape index (κ3) is 4.82. The lowest BCUT2D eigenvalue weighted by molar-refractivity contribution is -0.00472. The van der Waals surface area contributed by atoms with E-state index in [2.05, 4.69) is 30.7 Å². The number of aromatic hydroxyl groups is 1. The predicted octanol–water partition coefficient (Wildman–Crippen LogP) is 3.15. The van der Waals surface area contributed by atoms with E-state index in [-0.39, 0.29) is 22.5 Å². The lowest BCUT2D eigenvalue weighted by atomic mass is 9.63. The Bertz CT molecular complexity index is 1120. The molecule has 0 radical (unpaired) electrons. The number of hydrogen-bond donors (Lipinski definition) is 3. The van der Waals surface area contributed by atoms with Gasteiger partial charge < -0.3 is 10.2 Å². The van der Waals surface area contributed by atoms with Gasteiger partial charge >= 0.3 is 5.69 Å². The average Bonchev–Trinajstić information content (AvgIpc) is 2.57. The second kappa shape index (κ2) is 8.11. The zero-order chi connectivity index (χ0) is 23.1. The molecule has 0 spiro atoms. The van der Waals surface area contributed by atoms with Gasteiger partial charge in [-0.15, -0.1) is 0 Å². The summed E-state index contributed by atoms with van der Waals surface area (Å²) in [5.74, 6) is -0.429. The third-order valence-electron chi connectivity index (χ3n) is 6.10. The van der Waals surface area contributed by atoms with Crippen molar-refractivity contribution in [1.29, 1.82) is 0 Å². The summed E-state index contributed by atoms with van der Waals surface area (Å²) in [5, 5.41) is 21.1. The number of nitrogens with one attached hydrogen (secondary N) is 1. The van der Waals surface area contributed by atoms with E-state index in [4.69, 9.17) is 0 Å². The van der Waals surface area contributed by atoms with Crippen molar-refractivity contribution in [3.63, 3.8) is 0 Å². The van der Waals surface area contributed by atoms with Crippen LogP contribution in [0, 0.1) is 31.6 Å². The fourth-order valence-electron chi connectivity index (χ4n) is 5.44. The molecule has 1 aliphatic rings. The van der Waals surface area contributed by atoms with Crippen LogP contribution in [0.1, 0.15) is 62.3 Å². The van der Waals surface area contributed by atoms with Crippen LogP contribution < -0.4 is 11.2 Å². The Balaban J connectivity index is 2.00. The first-order valence-electron chi connectivity index (χ1n) is 10.7. The second-order valence-corrected chi connectivity index (χ2v) is 10.3. The summed E-state index contributed by atoms with van der Waals surface area (Å²) in [4.78, 5) is 31.7. The summed E-state index contributed by atoms with van der Waals surface area (Å²) >= 11 is 0. The molecule has 1 aliphatic carbocycles. The number of aromatic amines is 1. The monoisotopic (exact) mass is 427 g/mol. The van der Waals surface area contributed by atoms with E-state index in [9.17, 15) is 19.8 Å². The summed E-state index contributed by atoms with van der Waals surface area (Å²) in [5.41, 5.74) is 1.59. The summed E-state index contributed by atoms with van der Waals surface area (Å²) < 4.78 is 1.13. The first kappa shape index (κ1) is 23.0. The maximum absolute atomic E-state index is 12.6. The Morgan fingerprint density at radius 3 is 2.35 bits per heavy atom. The van der Waals surface area contributed by atoms with E-state index in [1.165, 1.54) is 6.21 Å². The topological polar surface area (TPSA) is 108 Å². The molecule has 3 rings (SSSR count). The normalized spacial score (nSPS) is 23.4. The van der Waals surface area contributed by atoms with Crippen LogP contribution in [0.5, 0.6) is 5.88 Å². The maximum atomic E-state index is 12.6. The molecular formula is C24H33N3O4. The van der Waals surface area contributed by atoms with Gasteiger partial charge in [0.2, 0.25) is 5.88 Å². The van der Waals surface area contributed by atoms with Crippen molar-refractivity contribution in [2.45, 2.75) is 66.9 Å². The third-order valence-corrected chi connectivity index (χ3v) is 6.10.